The normalized spacial score (nSPS) is 15.5. The molecule has 1 fully saturated rings. The molecule has 32 heavy (non-hydrogen) atoms. The molecule has 1 aliphatic heterocycles. The van der Waals surface area contributed by atoms with E-state index < -0.39 is 10.0 Å². The van der Waals surface area contributed by atoms with Crippen LogP contribution in [0.2, 0.25) is 0 Å². The van der Waals surface area contributed by atoms with E-state index in [-0.39, 0.29) is 0 Å². The van der Waals surface area contributed by atoms with Gasteiger partial charge in [0.2, 0.25) is 0 Å². The highest BCUT2D eigenvalue weighted by atomic mass is 32.2. The second-order valence-electron chi connectivity index (χ2n) is 8.76. The summed E-state index contributed by atoms with van der Waals surface area (Å²) in [6, 6.07) is 21.7. The quantitative estimate of drug-likeness (QED) is 0.535. The maximum Gasteiger partial charge on any atom is 0.264 e. The van der Waals surface area contributed by atoms with Gasteiger partial charge in [-0.2, -0.15) is 0 Å². The molecule has 0 aromatic heterocycles. The van der Waals surface area contributed by atoms with Gasteiger partial charge >= 0.3 is 0 Å². The van der Waals surface area contributed by atoms with Crippen LogP contribution in [0.3, 0.4) is 0 Å². The standard InChI is InChI=1S/C26H28N3O2S/c1-19-9-10-22(27(2)3)18-26(19)29(21-11-12-21)23-13-14-25-20(17-23)15-16-28(25)32(30,31)24-7-5-4-6-8-24/h4-10,13-14,17-18,21H,1,11-12,15-16H2,2-3H3. The molecule has 5 nitrogen and oxygen atoms in total. The topological polar surface area (TPSA) is 43.9 Å². The van der Waals surface area contributed by atoms with E-state index in [1.165, 1.54) is 0 Å². The van der Waals surface area contributed by atoms with Crippen LogP contribution >= 0.6 is 0 Å². The summed E-state index contributed by atoms with van der Waals surface area (Å²) in [6.45, 7) is 4.75. The van der Waals surface area contributed by atoms with Crippen molar-refractivity contribution >= 4 is 32.8 Å². The van der Waals surface area contributed by atoms with E-state index in [2.05, 4.69) is 47.1 Å². The van der Waals surface area contributed by atoms with E-state index in [4.69, 9.17) is 0 Å². The second kappa shape index (κ2) is 7.85. The molecule has 1 radical (unpaired) electrons. The first-order valence-electron chi connectivity index (χ1n) is 11.0. The predicted molar refractivity (Wildman–Crippen MR) is 132 cm³/mol. The molecule has 1 saturated carbocycles. The fraction of sp³-hybridized carbons (Fsp3) is 0.269. The molecule has 3 aromatic carbocycles. The summed E-state index contributed by atoms with van der Waals surface area (Å²) < 4.78 is 28.0. The van der Waals surface area contributed by atoms with Crippen LogP contribution in [0.15, 0.2) is 71.6 Å². The van der Waals surface area contributed by atoms with E-state index in [1.807, 2.05) is 26.2 Å². The van der Waals surface area contributed by atoms with E-state index in [9.17, 15) is 8.42 Å². The molecule has 6 heteroatoms. The molecule has 0 bridgehead atoms. The molecule has 1 aliphatic carbocycles. The van der Waals surface area contributed by atoms with Gasteiger partial charge in [-0.25, -0.2) is 8.42 Å². The number of benzene rings is 3. The Labute approximate surface area is 190 Å². The van der Waals surface area contributed by atoms with Gasteiger partial charge in [0.25, 0.3) is 10.0 Å². The molecular formula is C26H28N3O2S. The van der Waals surface area contributed by atoms with Gasteiger partial charge in [0.1, 0.15) is 0 Å². The highest BCUT2D eigenvalue weighted by Gasteiger charge is 2.34. The van der Waals surface area contributed by atoms with Gasteiger partial charge in [-0.3, -0.25) is 4.31 Å². The summed E-state index contributed by atoms with van der Waals surface area (Å²) in [5.41, 5.74) is 6.21. The molecule has 5 rings (SSSR count). The van der Waals surface area contributed by atoms with Crippen LogP contribution in [-0.4, -0.2) is 35.1 Å². The summed E-state index contributed by atoms with van der Waals surface area (Å²) in [5.74, 6) is 0. The van der Waals surface area contributed by atoms with Crippen LogP contribution in [-0.2, 0) is 16.4 Å². The molecule has 2 aliphatic rings. The Hall–Kier alpha value is -2.99. The van der Waals surface area contributed by atoms with Crippen molar-refractivity contribution in [3.8, 4) is 0 Å². The van der Waals surface area contributed by atoms with Gasteiger partial charge < -0.3 is 9.80 Å². The zero-order valence-corrected chi connectivity index (χ0v) is 19.3. The fourth-order valence-corrected chi connectivity index (χ4v) is 5.94. The van der Waals surface area contributed by atoms with Gasteiger partial charge in [0.15, 0.2) is 0 Å². The minimum absolute atomic E-state index is 0.332. The highest BCUT2D eigenvalue weighted by Crippen LogP contribution is 2.43. The average molecular weight is 447 g/mol. The number of rotatable bonds is 6. The Morgan fingerprint density at radius 2 is 1.66 bits per heavy atom. The van der Waals surface area contributed by atoms with E-state index >= 15 is 0 Å². The van der Waals surface area contributed by atoms with Crippen molar-refractivity contribution in [2.45, 2.75) is 30.2 Å². The molecule has 0 amide bonds. The third-order valence-electron chi connectivity index (χ3n) is 6.28. The van der Waals surface area contributed by atoms with Gasteiger partial charge in [-0.1, -0.05) is 24.3 Å². The molecule has 165 valence electrons. The van der Waals surface area contributed by atoms with Crippen LogP contribution in [0.5, 0.6) is 0 Å². The zero-order valence-electron chi connectivity index (χ0n) is 18.5. The van der Waals surface area contributed by atoms with Crippen LogP contribution < -0.4 is 14.1 Å². The monoisotopic (exact) mass is 446 g/mol. The third-order valence-corrected chi connectivity index (χ3v) is 8.11. The lowest BCUT2D eigenvalue weighted by molar-refractivity contribution is 0.592. The van der Waals surface area contributed by atoms with Crippen molar-refractivity contribution in [2.24, 2.45) is 0 Å². The molecular weight excluding hydrogens is 418 g/mol. The fourth-order valence-electron chi connectivity index (χ4n) is 4.41. The summed E-state index contributed by atoms with van der Waals surface area (Å²) in [5, 5.41) is 0. The highest BCUT2D eigenvalue weighted by molar-refractivity contribution is 7.92. The maximum absolute atomic E-state index is 13.2. The lowest BCUT2D eigenvalue weighted by atomic mass is 10.1. The zero-order chi connectivity index (χ0) is 22.5. The Morgan fingerprint density at radius 1 is 0.938 bits per heavy atom. The molecule has 0 spiro atoms. The van der Waals surface area contributed by atoms with Crippen molar-refractivity contribution in [1.82, 2.24) is 0 Å². The minimum atomic E-state index is -3.56. The number of hydrogen-bond acceptors (Lipinski definition) is 4. The summed E-state index contributed by atoms with van der Waals surface area (Å²) >= 11 is 0. The first-order chi connectivity index (χ1) is 15.4. The van der Waals surface area contributed by atoms with Crippen molar-refractivity contribution in [1.29, 1.82) is 0 Å². The Balaban J connectivity index is 1.52. The number of anilines is 4. The van der Waals surface area contributed by atoms with Crippen LogP contribution in [0, 0.1) is 6.92 Å². The summed E-state index contributed by atoms with van der Waals surface area (Å²) in [4.78, 5) is 4.81. The SMILES string of the molecule is [CH2]c1ccc(N(C)C)cc1N(c1ccc2c(c1)CCN2S(=O)(=O)c1ccccc1)C1CC1. The second-order valence-corrected chi connectivity index (χ2v) is 10.6. The third kappa shape index (κ3) is 3.62. The van der Waals surface area contributed by atoms with Crippen molar-refractivity contribution in [3.63, 3.8) is 0 Å². The van der Waals surface area contributed by atoms with E-state index in [1.54, 1.807) is 28.6 Å². The molecule has 0 unspecified atom stereocenters. The Morgan fingerprint density at radius 3 is 2.34 bits per heavy atom. The molecule has 1 heterocycles. The van der Waals surface area contributed by atoms with Crippen LogP contribution in [0.4, 0.5) is 22.7 Å². The average Bonchev–Trinajstić information content (AvgIpc) is 3.52. The lowest BCUT2D eigenvalue weighted by Crippen LogP contribution is -2.29. The minimum Gasteiger partial charge on any atom is -0.378 e. The number of nitrogens with zero attached hydrogens (tertiary/aromatic N) is 3. The Kier molecular flexibility index (Phi) is 5.13. The van der Waals surface area contributed by atoms with Gasteiger partial charge in [0.05, 0.1) is 10.6 Å². The number of fused-ring (bicyclic) bond motifs is 1. The molecule has 0 N–H and O–H groups in total. The Bertz CT molecular complexity index is 1250. The van der Waals surface area contributed by atoms with Crippen LogP contribution in [0.1, 0.15) is 24.0 Å². The van der Waals surface area contributed by atoms with Gasteiger partial charge in [0, 0.05) is 43.7 Å². The maximum atomic E-state index is 13.2. The van der Waals surface area contributed by atoms with Gasteiger partial charge in [-0.05, 0) is 79.8 Å². The van der Waals surface area contributed by atoms with Gasteiger partial charge in [-0.15, -0.1) is 0 Å². The first-order valence-corrected chi connectivity index (χ1v) is 12.4. The molecule has 0 atom stereocenters. The van der Waals surface area contributed by atoms with Crippen molar-refractivity contribution < 1.29 is 8.42 Å². The summed E-state index contributed by atoms with van der Waals surface area (Å²) in [7, 11) is 0.525. The lowest BCUT2D eigenvalue weighted by Gasteiger charge is -2.29. The summed E-state index contributed by atoms with van der Waals surface area (Å²) in [6.07, 6.45) is 3.01. The first kappa shape index (κ1) is 20.9. The van der Waals surface area contributed by atoms with E-state index in [0.29, 0.717) is 23.9 Å². The van der Waals surface area contributed by atoms with Crippen molar-refractivity contribution in [3.05, 3.63) is 84.8 Å². The molecule has 3 aromatic rings. The number of hydrogen-bond donors (Lipinski definition) is 0. The molecule has 0 saturated heterocycles. The van der Waals surface area contributed by atoms with Crippen LogP contribution in [0.25, 0.3) is 0 Å². The van der Waals surface area contributed by atoms with E-state index in [0.717, 1.165) is 46.7 Å². The largest absolute Gasteiger partial charge is 0.378 e. The number of sulfonamides is 1. The van der Waals surface area contributed by atoms with Crippen molar-refractivity contribution in [2.75, 3.05) is 34.7 Å². The smallest absolute Gasteiger partial charge is 0.264 e. The predicted octanol–water partition coefficient (Wildman–Crippen LogP) is 4.99.